The van der Waals surface area contributed by atoms with Gasteiger partial charge in [-0.1, -0.05) is 37.5 Å². The molecule has 1 aromatic carbocycles. The number of rotatable bonds is 5. The van der Waals surface area contributed by atoms with Crippen LogP contribution >= 0.6 is 0 Å². The van der Waals surface area contributed by atoms with Gasteiger partial charge in [-0.15, -0.1) is 0 Å². The van der Waals surface area contributed by atoms with Gasteiger partial charge in [0.2, 0.25) is 5.91 Å². The van der Waals surface area contributed by atoms with Crippen LogP contribution in [-0.4, -0.2) is 61.0 Å². The third kappa shape index (κ3) is 4.28. The van der Waals surface area contributed by atoms with Crippen LogP contribution in [0, 0.1) is 17.2 Å². The smallest absolute Gasteiger partial charge is 0.237 e. The maximum Gasteiger partial charge on any atom is 0.237 e. The van der Waals surface area contributed by atoms with Crippen molar-refractivity contribution in [2.45, 2.75) is 56.9 Å². The number of likely N-dealkylation sites (N-methyl/N-ethyl adjacent to an activating group) is 1. The molecule has 0 atom stereocenters. The molecular weight excluding hydrogens is 360 g/mol. The van der Waals surface area contributed by atoms with Gasteiger partial charge in [0.15, 0.2) is 0 Å². The molecule has 5 heteroatoms. The maximum absolute atomic E-state index is 12.9. The van der Waals surface area contributed by atoms with Crippen molar-refractivity contribution in [3.8, 4) is 6.07 Å². The lowest BCUT2D eigenvalue weighted by Crippen LogP contribution is -2.53. The normalized spacial score (nSPS) is 22.1. The summed E-state index contributed by atoms with van der Waals surface area (Å²) in [7, 11) is 1.84. The molecule has 0 bridgehead atoms. The number of hydrogen-bond donors (Lipinski definition) is 0. The summed E-state index contributed by atoms with van der Waals surface area (Å²) in [5.41, 5.74) is 2.32. The molecule has 1 saturated heterocycles. The van der Waals surface area contributed by atoms with E-state index in [1.54, 1.807) is 4.90 Å². The number of carbonyl (C=O) groups is 1. The van der Waals surface area contributed by atoms with E-state index in [1.807, 2.05) is 7.05 Å². The van der Waals surface area contributed by atoms with E-state index < -0.39 is 5.54 Å². The molecule has 0 aromatic heterocycles. The van der Waals surface area contributed by atoms with Gasteiger partial charge < -0.3 is 9.80 Å². The molecule has 29 heavy (non-hydrogen) atoms. The Balaban J connectivity index is 1.26. The first-order valence-electron chi connectivity index (χ1n) is 11.3. The first-order valence-corrected chi connectivity index (χ1v) is 11.3. The number of piperidine rings is 1. The minimum absolute atomic E-state index is 0.111. The highest BCUT2D eigenvalue weighted by Gasteiger charge is 2.39. The number of hydrogen-bond acceptors (Lipinski definition) is 4. The Kier molecular flexibility index (Phi) is 6.10. The van der Waals surface area contributed by atoms with Crippen molar-refractivity contribution < 1.29 is 4.79 Å². The summed E-state index contributed by atoms with van der Waals surface area (Å²) in [5.74, 6) is 0.814. The summed E-state index contributed by atoms with van der Waals surface area (Å²) in [6, 6.07) is 11.3. The molecule has 0 spiro atoms. The molecule has 0 N–H and O–H groups in total. The SMILES string of the molecule is CN(C(=O)CN1CCC(CN2CCc3ccccc32)CC1)C1(C#N)CCCCC1. The van der Waals surface area contributed by atoms with E-state index in [1.165, 1.54) is 17.7 Å². The number of nitriles is 1. The molecule has 1 aliphatic carbocycles. The molecule has 1 aromatic rings. The highest BCUT2D eigenvalue weighted by Crippen LogP contribution is 2.33. The van der Waals surface area contributed by atoms with E-state index in [-0.39, 0.29) is 5.91 Å². The van der Waals surface area contributed by atoms with E-state index in [0.717, 1.165) is 71.1 Å². The van der Waals surface area contributed by atoms with Crippen LogP contribution in [0.2, 0.25) is 0 Å². The van der Waals surface area contributed by atoms with Gasteiger partial charge in [-0.2, -0.15) is 5.26 Å². The molecule has 3 aliphatic rings. The number of para-hydroxylation sites is 1. The Hall–Kier alpha value is -2.06. The quantitative estimate of drug-likeness (QED) is 0.768. The van der Waals surface area contributed by atoms with Crippen LogP contribution < -0.4 is 4.90 Å². The minimum Gasteiger partial charge on any atom is -0.371 e. The van der Waals surface area contributed by atoms with Crippen molar-refractivity contribution in [2.75, 3.05) is 44.7 Å². The van der Waals surface area contributed by atoms with Crippen LogP contribution in [0.3, 0.4) is 0 Å². The Morgan fingerprint density at radius 3 is 2.62 bits per heavy atom. The summed E-state index contributed by atoms with van der Waals surface area (Å²) >= 11 is 0. The molecule has 2 fully saturated rings. The van der Waals surface area contributed by atoms with Crippen molar-refractivity contribution in [1.82, 2.24) is 9.80 Å². The summed E-state index contributed by atoms with van der Waals surface area (Å²) < 4.78 is 0. The van der Waals surface area contributed by atoms with Crippen molar-refractivity contribution in [1.29, 1.82) is 5.26 Å². The molecule has 4 rings (SSSR count). The lowest BCUT2D eigenvalue weighted by atomic mass is 9.81. The number of nitrogens with zero attached hydrogens (tertiary/aromatic N) is 4. The molecule has 2 aliphatic heterocycles. The van der Waals surface area contributed by atoms with E-state index in [2.05, 4.69) is 40.1 Å². The number of amides is 1. The summed E-state index contributed by atoms with van der Waals surface area (Å²) in [6.07, 6.45) is 8.40. The van der Waals surface area contributed by atoms with E-state index >= 15 is 0 Å². The Morgan fingerprint density at radius 2 is 1.90 bits per heavy atom. The molecular formula is C24H34N4O. The number of anilines is 1. The van der Waals surface area contributed by atoms with Gasteiger partial charge in [0.25, 0.3) is 0 Å². The van der Waals surface area contributed by atoms with Gasteiger partial charge in [0.05, 0.1) is 12.6 Å². The zero-order chi connectivity index (χ0) is 20.3. The van der Waals surface area contributed by atoms with Crippen molar-refractivity contribution >= 4 is 11.6 Å². The fourth-order valence-electron chi connectivity index (χ4n) is 5.43. The molecule has 156 valence electrons. The number of fused-ring (bicyclic) bond motifs is 1. The fourth-order valence-corrected chi connectivity index (χ4v) is 5.43. The lowest BCUT2D eigenvalue weighted by Gasteiger charge is -2.40. The van der Waals surface area contributed by atoms with Gasteiger partial charge >= 0.3 is 0 Å². The minimum atomic E-state index is -0.573. The summed E-state index contributed by atoms with van der Waals surface area (Å²) in [6.45, 7) is 4.70. The second kappa shape index (κ2) is 8.75. The average Bonchev–Trinajstić information content (AvgIpc) is 3.18. The zero-order valence-electron chi connectivity index (χ0n) is 17.8. The largest absolute Gasteiger partial charge is 0.371 e. The van der Waals surface area contributed by atoms with Crippen molar-refractivity contribution in [3.63, 3.8) is 0 Å². The maximum atomic E-state index is 12.9. The highest BCUT2D eigenvalue weighted by atomic mass is 16.2. The Bertz CT molecular complexity index is 756. The van der Waals surface area contributed by atoms with Crippen molar-refractivity contribution in [3.05, 3.63) is 29.8 Å². The molecule has 1 saturated carbocycles. The van der Waals surface area contributed by atoms with Crippen LogP contribution in [0.5, 0.6) is 0 Å². The second-order valence-corrected chi connectivity index (χ2v) is 9.20. The van der Waals surface area contributed by atoms with E-state index in [0.29, 0.717) is 12.5 Å². The van der Waals surface area contributed by atoms with Crippen LogP contribution in [0.15, 0.2) is 24.3 Å². The van der Waals surface area contributed by atoms with Crippen LogP contribution in [-0.2, 0) is 11.2 Å². The summed E-state index contributed by atoms with van der Waals surface area (Å²) in [4.78, 5) is 19.5. The molecule has 0 unspecified atom stereocenters. The van der Waals surface area contributed by atoms with Gasteiger partial charge in [0, 0.05) is 25.8 Å². The first kappa shape index (κ1) is 20.2. The zero-order valence-corrected chi connectivity index (χ0v) is 17.8. The van der Waals surface area contributed by atoms with Crippen LogP contribution in [0.4, 0.5) is 5.69 Å². The lowest BCUT2D eigenvalue weighted by molar-refractivity contribution is -0.136. The summed E-state index contributed by atoms with van der Waals surface area (Å²) in [5, 5.41) is 9.74. The first-order chi connectivity index (χ1) is 14.1. The Morgan fingerprint density at radius 1 is 1.17 bits per heavy atom. The Labute approximate surface area is 175 Å². The third-order valence-electron chi connectivity index (χ3n) is 7.43. The van der Waals surface area contributed by atoms with Gasteiger partial charge in [-0.05, 0) is 62.7 Å². The van der Waals surface area contributed by atoms with Crippen LogP contribution in [0.25, 0.3) is 0 Å². The molecule has 0 radical (unpaired) electrons. The van der Waals surface area contributed by atoms with Gasteiger partial charge in [-0.25, -0.2) is 0 Å². The predicted molar refractivity (Wildman–Crippen MR) is 116 cm³/mol. The monoisotopic (exact) mass is 394 g/mol. The standard InChI is InChI=1S/C24H34N4O/c1-26(24(19-25)12-5-2-6-13-24)23(29)18-27-14-9-20(10-15-27)17-28-16-11-21-7-3-4-8-22(21)28/h3-4,7-8,20H,2,5-6,9-18H2,1H3. The number of carbonyl (C=O) groups excluding carboxylic acids is 1. The van der Waals surface area contributed by atoms with Gasteiger partial charge in [-0.3, -0.25) is 9.69 Å². The second-order valence-electron chi connectivity index (χ2n) is 9.20. The van der Waals surface area contributed by atoms with E-state index in [4.69, 9.17) is 0 Å². The number of likely N-dealkylation sites (tertiary alicyclic amines) is 1. The average molecular weight is 395 g/mol. The molecule has 2 heterocycles. The van der Waals surface area contributed by atoms with Crippen molar-refractivity contribution in [2.24, 2.45) is 5.92 Å². The topological polar surface area (TPSA) is 50.6 Å². The fraction of sp³-hybridized carbons (Fsp3) is 0.667. The van der Waals surface area contributed by atoms with E-state index in [9.17, 15) is 10.1 Å². The van der Waals surface area contributed by atoms with Crippen LogP contribution in [0.1, 0.15) is 50.5 Å². The third-order valence-corrected chi connectivity index (χ3v) is 7.43. The number of benzene rings is 1. The predicted octanol–water partition coefficient (Wildman–Crippen LogP) is 3.45. The highest BCUT2D eigenvalue weighted by molar-refractivity contribution is 5.79. The van der Waals surface area contributed by atoms with Gasteiger partial charge in [0.1, 0.15) is 5.54 Å². The molecule has 5 nitrogen and oxygen atoms in total. The molecule has 1 amide bonds.